The number of carbonyl (C=O) groups excluding carboxylic acids is 3. The summed E-state index contributed by atoms with van der Waals surface area (Å²) in [6.45, 7) is 0. The molecule has 0 radical (unpaired) electrons. The molecule has 0 aliphatic rings. The number of allylic oxidation sites excluding steroid dienone is 2. The summed E-state index contributed by atoms with van der Waals surface area (Å²) in [4.78, 5) is 34.5. The molecule has 0 aliphatic heterocycles. The molecule has 2 aromatic rings. The highest BCUT2D eigenvalue weighted by Gasteiger charge is 2.06. The molecular weight excluding hydrogens is 392 g/mol. The minimum Gasteiger partial charge on any atom is -0.510 e. The number of carboxylic acid groups (broad SMARTS) is 1. The van der Waals surface area contributed by atoms with Gasteiger partial charge < -0.3 is 29.2 Å². The third kappa shape index (κ3) is 6.52. The number of phenolic OH excluding ortho intramolecular Hbond substituents is 1. The lowest BCUT2D eigenvalue weighted by Gasteiger charge is -2.13. The van der Waals surface area contributed by atoms with Crippen molar-refractivity contribution >= 4 is 29.9 Å². The van der Waals surface area contributed by atoms with Crippen molar-refractivity contribution in [3.05, 3.63) is 59.7 Å². The summed E-state index contributed by atoms with van der Waals surface area (Å²) in [6.07, 6.45) is 3.45. The highest BCUT2D eigenvalue weighted by Crippen LogP contribution is 2.28. The van der Waals surface area contributed by atoms with Crippen LogP contribution in [0.4, 0.5) is 4.79 Å². The summed E-state index contributed by atoms with van der Waals surface area (Å²) < 4.78 is 14.5. The van der Waals surface area contributed by atoms with E-state index in [-0.39, 0.29) is 29.4 Å². The summed E-state index contributed by atoms with van der Waals surface area (Å²) in [5, 5.41) is 20.1. The van der Waals surface area contributed by atoms with Gasteiger partial charge in [-0.2, -0.15) is 0 Å². The van der Waals surface area contributed by atoms with Crippen LogP contribution in [0.1, 0.15) is 17.5 Å². The van der Waals surface area contributed by atoms with E-state index in [0.29, 0.717) is 11.1 Å². The van der Waals surface area contributed by atoms with Gasteiger partial charge in [0.25, 0.3) is 6.16 Å². The molecule has 0 saturated heterocycles. The molecule has 0 fully saturated rings. The van der Waals surface area contributed by atoms with Crippen LogP contribution in [0.3, 0.4) is 0 Å². The third-order valence-electron chi connectivity index (χ3n) is 3.86. The number of aromatic hydroxyl groups is 1. The number of rotatable bonds is 9. The fourth-order valence-corrected chi connectivity index (χ4v) is 2.43. The summed E-state index contributed by atoms with van der Waals surface area (Å²) >= 11 is 0. The maximum Gasteiger partial charge on any atom is 0.257 e. The van der Waals surface area contributed by atoms with Gasteiger partial charge in [-0.3, -0.25) is 9.59 Å². The van der Waals surface area contributed by atoms with Gasteiger partial charge in [0.1, 0.15) is 5.75 Å². The number of carbonyl (C=O) groups is 3. The third-order valence-corrected chi connectivity index (χ3v) is 3.86. The van der Waals surface area contributed by atoms with Crippen molar-refractivity contribution in [2.24, 2.45) is 0 Å². The first-order chi connectivity index (χ1) is 14.3. The predicted octanol–water partition coefficient (Wildman–Crippen LogP) is 2.39. The molecule has 30 heavy (non-hydrogen) atoms. The molecule has 0 atom stereocenters. The number of hydrogen-bond donors (Lipinski definition) is 1. The zero-order valence-corrected chi connectivity index (χ0v) is 16.3. The first kappa shape index (κ1) is 22.2. The van der Waals surface area contributed by atoms with E-state index < -0.39 is 17.7 Å². The molecule has 0 heterocycles. The van der Waals surface area contributed by atoms with Gasteiger partial charge in [-0.05, 0) is 47.5 Å². The lowest BCUT2D eigenvalue weighted by molar-refractivity contribution is -0.271. The molecule has 0 bridgehead atoms. The fraction of sp³-hybridized carbons (Fsp3) is 0.136. The first-order valence-corrected chi connectivity index (χ1v) is 8.68. The number of methoxy groups -OCH3 is 2. The molecule has 0 aliphatic carbocycles. The molecule has 1 N–H and O–H groups in total. The number of hydrogen-bond acceptors (Lipinski definition) is 8. The zero-order valence-electron chi connectivity index (χ0n) is 16.3. The fourth-order valence-electron chi connectivity index (χ4n) is 2.43. The molecule has 0 aromatic heterocycles. The Kier molecular flexibility index (Phi) is 7.75. The van der Waals surface area contributed by atoms with E-state index in [1.54, 1.807) is 12.1 Å². The Balaban J connectivity index is 1.98. The Morgan fingerprint density at radius 1 is 0.867 bits per heavy atom. The van der Waals surface area contributed by atoms with E-state index in [1.807, 2.05) is 0 Å². The highest BCUT2D eigenvalue weighted by molar-refractivity contribution is 6.10. The second-order valence-electron chi connectivity index (χ2n) is 5.97. The van der Waals surface area contributed by atoms with E-state index in [9.17, 15) is 24.6 Å². The smallest absolute Gasteiger partial charge is 0.257 e. The minimum atomic E-state index is -1.72. The average molecular weight is 411 g/mol. The van der Waals surface area contributed by atoms with Crippen molar-refractivity contribution in [2.75, 3.05) is 14.2 Å². The molecule has 8 heteroatoms. The Morgan fingerprint density at radius 2 is 1.40 bits per heavy atom. The van der Waals surface area contributed by atoms with E-state index in [1.165, 1.54) is 62.8 Å². The number of benzene rings is 2. The molecule has 2 aromatic carbocycles. The number of ether oxygens (including phenoxy) is 3. The summed E-state index contributed by atoms with van der Waals surface area (Å²) in [7, 11) is 2.75. The maximum atomic E-state index is 12.0. The van der Waals surface area contributed by atoms with E-state index in [4.69, 9.17) is 9.47 Å². The molecular formula is C22H19O8-. The van der Waals surface area contributed by atoms with Gasteiger partial charge >= 0.3 is 0 Å². The van der Waals surface area contributed by atoms with Gasteiger partial charge in [0.15, 0.2) is 23.1 Å². The Labute approximate surface area is 172 Å². The molecule has 156 valence electrons. The van der Waals surface area contributed by atoms with Crippen LogP contribution >= 0.6 is 0 Å². The second kappa shape index (κ2) is 10.5. The van der Waals surface area contributed by atoms with Gasteiger partial charge in [-0.25, -0.2) is 0 Å². The molecule has 0 spiro atoms. The van der Waals surface area contributed by atoms with Crippen LogP contribution in [0.15, 0.2) is 48.6 Å². The lowest BCUT2D eigenvalue weighted by Crippen LogP contribution is -2.26. The van der Waals surface area contributed by atoms with Crippen LogP contribution in [0.2, 0.25) is 0 Å². The Hall–Kier alpha value is -4.07. The molecule has 0 unspecified atom stereocenters. The summed E-state index contributed by atoms with van der Waals surface area (Å²) in [5.41, 5.74) is 1.18. The van der Waals surface area contributed by atoms with Crippen molar-refractivity contribution in [2.45, 2.75) is 6.42 Å². The standard InChI is InChI=1S/C22H20O8/c1-28-20-11-14(5-9-18(20)25)3-7-16(23)13-17(24)8-4-15-6-10-19(30-22(26)27)21(12-15)29-2/h3-12,25H,13H2,1-2H3,(H,26,27)/p-1/b7-3+,8-4+. The Morgan fingerprint density at radius 3 is 1.93 bits per heavy atom. The van der Waals surface area contributed by atoms with Crippen LogP contribution in [0.5, 0.6) is 23.0 Å². The van der Waals surface area contributed by atoms with Crippen LogP contribution in [0, 0.1) is 0 Å². The van der Waals surface area contributed by atoms with E-state index in [2.05, 4.69) is 4.74 Å². The van der Waals surface area contributed by atoms with E-state index in [0.717, 1.165) is 0 Å². The largest absolute Gasteiger partial charge is 0.510 e. The molecule has 2 rings (SSSR count). The van der Waals surface area contributed by atoms with Crippen molar-refractivity contribution in [1.29, 1.82) is 0 Å². The van der Waals surface area contributed by atoms with Crippen LogP contribution < -0.4 is 19.3 Å². The van der Waals surface area contributed by atoms with Gasteiger partial charge in [-0.15, -0.1) is 0 Å². The van der Waals surface area contributed by atoms with Crippen molar-refractivity contribution in [3.8, 4) is 23.0 Å². The van der Waals surface area contributed by atoms with Crippen molar-refractivity contribution in [3.63, 3.8) is 0 Å². The van der Waals surface area contributed by atoms with Gasteiger partial charge in [0.05, 0.1) is 26.4 Å². The van der Waals surface area contributed by atoms with Crippen LogP contribution in [-0.4, -0.2) is 37.0 Å². The van der Waals surface area contributed by atoms with Crippen molar-refractivity contribution in [1.82, 2.24) is 0 Å². The summed E-state index contributed by atoms with van der Waals surface area (Å²) in [6, 6.07) is 8.95. The van der Waals surface area contributed by atoms with Crippen LogP contribution in [0.25, 0.3) is 12.2 Å². The number of phenols is 1. The maximum absolute atomic E-state index is 12.0. The average Bonchev–Trinajstić information content (AvgIpc) is 2.72. The van der Waals surface area contributed by atoms with Gasteiger partial charge in [0.2, 0.25) is 0 Å². The van der Waals surface area contributed by atoms with Crippen molar-refractivity contribution < 1.29 is 38.8 Å². The molecule has 0 saturated carbocycles. The number of ketones is 2. The quantitative estimate of drug-likeness (QED) is 0.289. The monoisotopic (exact) mass is 411 g/mol. The van der Waals surface area contributed by atoms with E-state index >= 15 is 0 Å². The van der Waals surface area contributed by atoms with Gasteiger partial charge in [0, 0.05) is 0 Å². The lowest BCUT2D eigenvalue weighted by atomic mass is 10.1. The SMILES string of the molecule is COc1cc(/C=C/C(=O)CC(=O)/C=C/c2ccc(OC(=O)[O-])c(OC)c2)ccc1O. The normalized spacial score (nSPS) is 10.9. The molecule has 0 amide bonds. The first-order valence-electron chi connectivity index (χ1n) is 8.68. The molecule has 8 nitrogen and oxygen atoms in total. The second-order valence-corrected chi connectivity index (χ2v) is 5.97. The predicted molar refractivity (Wildman–Crippen MR) is 106 cm³/mol. The highest BCUT2D eigenvalue weighted by atomic mass is 16.7. The van der Waals surface area contributed by atoms with Gasteiger partial charge in [-0.1, -0.05) is 24.3 Å². The minimum absolute atomic E-state index is 0.0165. The Bertz CT molecular complexity index is 1000. The topological polar surface area (TPSA) is 122 Å². The summed E-state index contributed by atoms with van der Waals surface area (Å²) in [5.74, 6) is -0.439. The van der Waals surface area contributed by atoms with Crippen LogP contribution in [-0.2, 0) is 9.59 Å². The zero-order chi connectivity index (χ0) is 22.1.